The van der Waals surface area contributed by atoms with Gasteiger partial charge in [-0.3, -0.25) is 0 Å². The Morgan fingerprint density at radius 1 is 0.533 bits per heavy atom. The largest absolute Gasteiger partial charge is 0.394 e. The summed E-state index contributed by atoms with van der Waals surface area (Å²) in [6, 6.07) is 0. The standard InChI is InChI=1S/C25H40O20/c1-34-16-9(28)6(3-26)37-22(11(16)30)40-15-8-5-36-18(15)13(32)24(39-8)41-17-10(29)7(4-27)38-23(12(17)31)42-20-19-14(33)21(35-2)43-25(20)45-44-19/h6-33H,3-5H2,1-2H3/t6-,7-,8-,9+,10+,11?,12-,13+,14+,15-,16+,17+,18+,19+,20+,21-,22+,23+,24+,25-/m1/s1. The average molecular weight is 661 g/mol. The number of methoxy groups -OCH3 is 2. The topological polar surface area (TPSA) is 273 Å². The van der Waals surface area contributed by atoms with Gasteiger partial charge in [-0.15, -0.1) is 0 Å². The number of aliphatic hydroxyl groups excluding tert-OH is 8. The molecule has 45 heavy (non-hydrogen) atoms. The van der Waals surface area contributed by atoms with Crippen molar-refractivity contribution in [2.45, 2.75) is 123 Å². The van der Waals surface area contributed by atoms with Crippen LogP contribution >= 0.6 is 0 Å². The average Bonchev–Trinajstić information content (AvgIpc) is 3.51. The minimum absolute atomic E-state index is 0.0754. The fourth-order valence-corrected chi connectivity index (χ4v) is 6.38. The van der Waals surface area contributed by atoms with Crippen LogP contribution < -0.4 is 0 Å². The van der Waals surface area contributed by atoms with E-state index in [1.165, 1.54) is 14.2 Å². The Hall–Kier alpha value is -0.800. The van der Waals surface area contributed by atoms with Crippen molar-refractivity contribution in [2.24, 2.45) is 0 Å². The minimum atomic E-state index is -1.73. The Balaban J connectivity index is 1.12. The molecule has 8 N–H and O–H groups in total. The molecule has 0 saturated carbocycles. The van der Waals surface area contributed by atoms with Crippen LogP contribution in [-0.4, -0.2) is 198 Å². The molecule has 0 aromatic carbocycles. The SMILES string of the molecule is CO[C@@H]1O[C@@H]2OO[C@@H]([C@@H]1O)[C@@H]2O[C@@H]1O[C@H](CO)[C@H](O)[C@H](O[C@@H]2O[C@@H]3CO[C@@H]([C@@H]2O)[C@@H]3O[C@@H]2O[C@H](CO)[C@H](O)[C@H](OC)C2O)[C@H]1O. The predicted molar refractivity (Wildman–Crippen MR) is 133 cm³/mol. The lowest BCUT2D eigenvalue weighted by Crippen LogP contribution is -2.65. The van der Waals surface area contributed by atoms with Crippen molar-refractivity contribution in [3.8, 4) is 0 Å². The van der Waals surface area contributed by atoms with E-state index in [0.29, 0.717) is 0 Å². The molecule has 6 saturated heterocycles. The summed E-state index contributed by atoms with van der Waals surface area (Å²) in [5.74, 6) is 0. The number of hydrogen-bond acceptors (Lipinski definition) is 20. The van der Waals surface area contributed by atoms with Crippen LogP contribution in [0, 0.1) is 0 Å². The molecule has 6 aliphatic rings. The Morgan fingerprint density at radius 2 is 1.09 bits per heavy atom. The first kappa shape index (κ1) is 34.1. The van der Waals surface area contributed by atoms with Crippen LogP contribution in [0.1, 0.15) is 0 Å². The molecule has 260 valence electrons. The van der Waals surface area contributed by atoms with Gasteiger partial charge in [-0.05, 0) is 0 Å². The molecule has 0 spiro atoms. The van der Waals surface area contributed by atoms with Gasteiger partial charge in [0.25, 0.3) is 0 Å². The van der Waals surface area contributed by atoms with Gasteiger partial charge in [-0.2, -0.15) is 0 Å². The number of rotatable bonds is 10. The lowest BCUT2D eigenvalue weighted by Gasteiger charge is -2.47. The van der Waals surface area contributed by atoms with Gasteiger partial charge in [0.2, 0.25) is 6.29 Å². The van der Waals surface area contributed by atoms with Crippen LogP contribution in [-0.2, 0) is 57.1 Å². The van der Waals surface area contributed by atoms with Gasteiger partial charge in [-0.25, -0.2) is 9.78 Å². The maximum Gasteiger partial charge on any atom is 0.223 e. The molecule has 6 aliphatic heterocycles. The number of ether oxygens (including phenoxy) is 10. The van der Waals surface area contributed by atoms with Crippen molar-refractivity contribution in [3.63, 3.8) is 0 Å². The first-order valence-electron chi connectivity index (χ1n) is 14.5. The first-order chi connectivity index (χ1) is 21.6. The third-order valence-corrected chi connectivity index (χ3v) is 8.83. The quantitative estimate of drug-likeness (QED) is 0.101. The van der Waals surface area contributed by atoms with Crippen molar-refractivity contribution in [1.29, 1.82) is 0 Å². The zero-order valence-corrected chi connectivity index (χ0v) is 24.1. The number of hydrogen-bond donors (Lipinski definition) is 8. The summed E-state index contributed by atoms with van der Waals surface area (Å²) >= 11 is 0. The molecule has 4 bridgehead atoms. The van der Waals surface area contributed by atoms with E-state index in [0.717, 1.165) is 0 Å². The molecule has 20 heteroatoms. The second-order valence-electron chi connectivity index (χ2n) is 11.5. The Morgan fingerprint density at radius 3 is 1.71 bits per heavy atom. The van der Waals surface area contributed by atoms with E-state index in [1.54, 1.807) is 0 Å². The van der Waals surface area contributed by atoms with E-state index < -0.39 is 136 Å². The molecule has 0 aliphatic carbocycles. The Kier molecular flexibility index (Phi) is 10.6. The van der Waals surface area contributed by atoms with Crippen molar-refractivity contribution >= 4 is 0 Å². The van der Waals surface area contributed by atoms with E-state index in [1.807, 2.05) is 0 Å². The van der Waals surface area contributed by atoms with Gasteiger partial charge in [-0.1, -0.05) is 0 Å². The minimum Gasteiger partial charge on any atom is -0.394 e. The van der Waals surface area contributed by atoms with Gasteiger partial charge < -0.3 is 88.2 Å². The predicted octanol–water partition coefficient (Wildman–Crippen LogP) is -6.46. The molecular formula is C25H40O20. The van der Waals surface area contributed by atoms with E-state index in [-0.39, 0.29) is 6.61 Å². The lowest BCUT2D eigenvalue weighted by atomic mass is 9.97. The van der Waals surface area contributed by atoms with Gasteiger partial charge in [0.05, 0.1) is 19.8 Å². The van der Waals surface area contributed by atoms with Crippen molar-refractivity contribution in [2.75, 3.05) is 34.0 Å². The number of aliphatic hydroxyl groups is 8. The highest BCUT2D eigenvalue weighted by atomic mass is 17.2. The second-order valence-corrected chi connectivity index (χ2v) is 11.5. The van der Waals surface area contributed by atoms with Crippen LogP contribution in [0.2, 0.25) is 0 Å². The molecule has 0 radical (unpaired) electrons. The Bertz CT molecular complexity index is 979. The molecule has 1 unspecified atom stereocenters. The highest BCUT2D eigenvalue weighted by molar-refractivity contribution is 5.00. The van der Waals surface area contributed by atoms with Crippen LogP contribution in [0.15, 0.2) is 0 Å². The monoisotopic (exact) mass is 660 g/mol. The van der Waals surface area contributed by atoms with E-state index in [9.17, 15) is 40.9 Å². The molecule has 6 fully saturated rings. The maximum absolute atomic E-state index is 11.2. The molecule has 6 heterocycles. The van der Waals surface area contributed by atoms with Crippen LogP contribution in [0.3, 0.4) is 0 Å². The summed E-state index contributed by atoms with van der Waals surface area (Å²) in [5.41, 5.74) is 0. The summed E-state index contributed by atoms with van der Waals surface area (Å²) in [5, 5.41) is 84.1. The summed E-state index contributed by atoms with van der Waals surface area (Å²) in [4.78, 5) is 10.1. The van der Waals surface area contributed by atoms with E-state index >= 15 is 0 Å². The summed E-state index contributed by atoms with van der Waals surface area (Å²) in [6.07, 6.45) is -26.1. The van der Waals surface area contributed by atoms with Gasteiger partial charge in [0, 0.05) is 14.2 Å². The Labute approximate surface area is 255 Å². The zero-order valence-electron chi connectivity index (χ0n) is 24.1. The van der Waals surface area contributed by atoms with Crippen molar-refractivity contribution in [3.05, 3.63) is 0 Å². The fourth-order valence-electron chi connectivity index (χ4n) is 6.38. The zero-order chi connectivity index (χ0) is 32.2. The third-order valence-electron chi connectivity index (χ3n) is 8.83. The summed E-state index contributed by atoms with van der Waals surface area (Å²) in [7, 11) is 2.58. The maximum atomic E-state index is 11.2. The van der Waals surface area contributed by atoms with Crippen molar-refractivity contribution in [1.82, 2.24) is 0 Å². The lowest BCUT2D eigenvalue weighted by molar-refractivity contribution is -0.377. The van der Waals surface area contributed by atoms with Crippen molar-refractivity contribution < 1.29 is 98.0 Å². The molecule has 6 rings (SSSR count). The molecule has 0 amide bonds. The number of fused-ring (bicyclic) bond motifs is 4. The summed E-state index contributed by atoms with van der Waals surface area (Å²) in [6.45, 7) is -1.37. The van der Waals surface area contributed by atoms with E-state index in [2.05, 4.69) is 0 Å². The second kappa shape index (κ2) is 14.0. The third kappa shape index (κ3) is 6.15. The first-order valence-corrected chi connectivity index (χ1v) is 14.5. The van der Waals surface area contributed by atoms with Gasteiger partial charge >= 0.3 is 0 Å². The van der Waals surface area contributed by atoms with Crippen LogP contribution in [0.25, 0.3) is 0 Å². The molecular weight excluding hydrogens is 620 g/mol. The highest BCUT2D eigenvalue weighted by Crippen LogP contribution is 2.39. The highest BCUT2D eigenvalue weighted by Gasteiger charge is 2.59. The summed E-state index contributed by atoms with van der Waals surface area (Å²) < 4.78 is 55.9. The van der Waals surface area contributed by atoms with Gasteiger partial charge in [0.15, 0.2) is 31.3 Å². The van der Waals surface area contributed by atoms with Crippen LogP contribution in [0.4, 0.5) is 0 Å². The van der Waals surface area contributed by atoms with Crippen LogP contribution in [0.5, 0.6) is 0 Å². The normalized spacial score (nSPS) is 54.8. The molecule has 0 aromatic rings. The smallest absolute Gasteiger partial charge is 0.223 e. The van der Waals surface area contributed by atoms with Gasteiger partial charge in [0.1, 0.15) is 85.5 Å². The molecule has 20 atom stereocenters. The molecule has 20 nitrogen and oxygen atoms in total. The molecule has 0 aromatic heterocycles. The van der Waals surface area contributed by atoms with E-state index in [4.69, 9.17) is 57.1 Å². The fraction of sp³-hybridized carbons (Fsp3) is 1.00.